The van der Waals surface area contributed by atoms with Gasteiger partial charge < -0.3 is 10.6 Å². The van der Waals surface area contributed by atoms with Crippen LogP contribution < -0.4 is 14.9 Å². The van der Waals surface area contributed by atoms with E-state index in [1.807, 2.05) is 0 Å². The van der Waals surface area contributed by atoms with Crippen LogP contribution in [0, 0.1) is 0 Å². The van der Waals surface area contributed by atoms with E-state index in [1.54, 1.807) is 24.3 Å². The standard InChI is InChI=1S/C19H29N3O3S/c23-19(21-12-11-20-17-8-3-1-2-4-9-17)16-7-5-10-18(15-16)22-13-6-14-26(22,24)25/h5,7,10,15,17,20H,1-4,6,8-9,11-14H2,(H,21,23). The van der Waals surface area contributed by atoms with Crippen molar-refractivity contribution >= 4 is 21.6 Å². The summed E-state index contributed by atoms with van der Waals surface area (Å²) in [7, 11) is -3.23. The molecular formula is C19H29N3O3S. The molecule has 0 unspecified atom stereocenters. The van der Waals surface area contributed by atoms with Crippen molar-refractivity contribution in [2.75, 3.05) is 29.7 Å². The van der Waals surface area contributed by atoms with Gasteiger partial charge in [-0.3, -0.25) is 9.10 Å². The molecule has 2 N–H and O–H groups in total. The first-order valence-corrected chi connectivity index (χ1v) is 11.3. The number of amides is 1. The number of nitrogens with zero attached hydrogens (tertiary/aromatic N) is 1. The fourth-order valence-electron chi connectivity index (χ4n) is 3.77. The Bertz CT molecular complexity index is 712. The summed E-state index contributed by atoms with van der Waals surface area (Å²) in [6, 6.07) is 7.44. The highest BCUT2D eigenvalue weighted by Crippen LogP contribution is 2.24. The molecule has 0 aromatic heterocycles. The van der Waals surface area contributed by atoms with E-state index in [0.29, 0.717) is 36.8 Å². The van der Waals surface area contributed by atoms with Crippen molar-refractivity contribution in [3.8, 4) is 0 Å². The molecule has 1 saturated carbocycles. The van der Waals surface area contributed by atoms with Gasteiger partial charge in [-0.15, -0.1) is 0 Å². The number of carbonyl (C=O) groups excluding carboxylic acids is 1. The average molecular weight is 380 g/mol. The van der Waals surface area contributed by atoms with E-state index in [4.69, 9.17) is 0 Å². The van der Waals surface area contributed by atoms with Crippen LogP contribution in [-0.2, 0) is 10.0 Å². The minimum Gasteiger partial charge on any atom is -0.351 e. The van der Waals surface area contributed by atoms with E-state index >= 15 is 0 Å². The van der Waals surface area contributed by atoms with Gasteiger partial charge in [-0.25, -0.2) is 8.42 Å². The topological polar surface area (TPSA) is 78.5 Å². The molecule has 1 aliphatic heterocycles. The van der Waals surface area contributed by atoms with Gasteiger partial charge in [0.05, 0.1) is 11.4 Å². The third-order valence-electron chi connectivity index (χ3n) is 5.19. The van der Waals surface area contributed by atoms with Gasteiger partial charge in [0.1, 0.15) is 0 Å². The Morgan fingerprint density at radius 3 is 2.54 bits per heavy atom. The van der Waals surface area contributed by atoms with Crippen LogP contribution in [-0.4, -0.2) is 45.8 Å². The van der Waals surface area contributed by atoms with Gasteiger partial charge in [-0.05, 0) is 37.5 Å². The summed E-state index contributed by atoms with van der Waals surface area (Å²) >= 11 is 0. The molecule has 0 bridgehead atoms. The molecule has 26 heavy (non-hydrogen) atoms. The van der Waals surface area contributed by atoms with Gasteiger partial charge >= 0.3 is 0 Å². The molecule has 1 heterocycles. The molecule has 2 aliphatic rings. The molecule has 1 saturated heterocycles. The first-order valence-electron chi connectivity index (χ1n) is 9.68. The predicted molar refractivity (Wildman–Crippen MR) is 104 cm³/mol. The van der Waals surface area contributed by atoms with Crippen LogP contribution in [0.2, 0.25) is 0 Å². The lowest BCUT2D eigenvalue weighted by Gasteiger charge is -2.18. The van der Waals surface area contributed by atoms with E-state index in [9.17, 15) is 13.2 Å². The van der Waals surface area contributed by atoms with E-state index in [0.717, 1.165) is 6.54 Å². The van der Waals surface area contributed by atoms with Gasteiger partial charge in [0.2, 0.25) is 10.0 Å². The van der Waals surface area contributed by atoms with Crippen LogP contribution >= 0.6 is 0 Å². The van der Waals surface area contributed by atoms with Gasteiger partial charge in [-0.1, -0.05) is 31.7 Å². The molecule has 1 aromatic rings. The lowest BCUT2D eigenvalue weighted by molar-refractivity contribution is 0.0953. The average Bonchev–Trinajstić information content (AvgIpc) is 2.83. The van der Waals surface area contributed by atoms with Gasteiger partial charge in [-0.2, -0.15) is 0 Å². The first kappa shape index (κ1) is 19.2. The molecule has 0 atom stereocenters. The van der Waals surface area contributed by atoms with E-state index in [-0.39, 0.29) is 11.7 Å². The number of nitrogens with one attached hydrogen (secondary N) is 2. The minimum absolute atomic E-state index is 0.161. The zero-order valence-electron chi connectivity index (χ0n) is 15.2. The third-order valence-corrected chi connectivity index (χ3v) is 7.06. The molecule has 0 spiro atoms. The maximum absolute atomic E-state index is 12.4. The fraction of sp³-hybridized carbons (Fsp3) is 0.632. The second-order valence-electron chi connectivity index (χ2n) is 7.19. The van der Waals surface area contributed by atoms with Crippen molar-refractivity contribution < 1.29 is 13.2 Å². The van der Waals surface area contributed by atoms with Gasteiger partial charge in [0, 0.05) is 31.2 Å². The summed E-state index contributed by atoms with van der Waals surface area (Å²) in [6.45, 7) is 1.82. The fourth-order valence-corrected chi connectivity index (χ4v) is 5.33. The van der Waals surface area contributed by atoms with Crippen molar-refractivity contribution in [2.45, 2.75) is 51.0 Å². The summed E-state index contributed by atoms with van der Waals surface area (Å²) in [5, 5.41) is 6.46. The molecule has 1 aromatic carbocycles. The Balaban J connectivity index is 1.49. The molecule has 6 nitrogen and oxygen atoms in total. The van der Waals surface area contributed by atoms with Crippen LogP contribution in [0.25, 0.3) is 0 Å². The van der Waals surface area contributed by atoms with Crippen molar-refractivity contribution in [3.63, 3.8) is 0 Å². The van der Waals surface area contributed by atoms with Crippen molar-refractivity contribution in [1.29, 1.82) is 0 Å². The smallest absolute Gasteiger partial charge is 0.251 e. The maximum atomic E-state index is 12.4. The maximum Gasteiger partial charge on any atom is 0.251 e. The molecule has 1 aliphatic carbocycles. The third kappa shape index (κ3) is 4.98. The zero-order valence-corrected chi connectivity index (χ0v) is 16.1. The van der Waals surface area contributed by atoms with Crippen LogP contribution in [0.4, 0.5) is 5.69 Å². The highest BCUT2D eigenvalue weighted by atomic mass is 32.2. The lowest BCUT2D eigenvalue weighted by atomic mass is 10.1. The van der Waals surface area contributed by atoms with E-state index in [2.05, 4.69) is 10.6 Å². The Kier molecular flexibility index (Phi) is 6.53. The zero-order chi connectivity index (χ0) is 18.4. The van der Waals surface area contributed by atoms with E-state index in [1.165, 1.54) is 42.8 Å². The van der Waals surface area contributed by atoms with Gasteiger partial charge in [0.15, 0.2) is 0 Å². The van der Waals surface area contributed by atoms with Crippen LogP contribution in [0.1, 0.15) is 55.3 Å². The molecule has 2 fully saturated rings. The number of sulfonamides is 1. The predicted octanol–water partition coefficient (Wildman–Crippen LogP) is 2.27. The van der Waals surface area contributed by atoms with Crippen molar-refractivity contribution in [3.05, 3.63) is 29.8 Å². The number of benzene rings is 1. The Morgan fingerprint density at radius 2 is 1.85 bits per heavy atom. The molecule has 7 heteroatoms. The molecule has 3 rings (SSSR count). The summed E-state index contributed by atoms with van der Waals surface area (Å²) in [6.07, 6.45) is 8.31. The molecule has 144 valence electrons. The number of anilines is 1. The molecule has 0 radical (unpaired) electrons. The Labute approximate surface area is 156 Å². The first-order chi connectivity index (χ1) is 12.6. The molecule has 1 amide bonds. The largest absolute Gasteiger partial charge is 0.351 e. The lowest BCUT2D eigenvalue weighted by Crippen LogP contribution is -2.37. The number of hydrogen-bond acceptors (Lipinski definition) is 4. The van der Waals surface area contributed by atoms with Crippen molar-refractivity contribution in [2.24, 2.45) is 0 Å². The summed E-state index contributed by atoms with van der Waals surface area (Å²) in [5.41, 5.74) is 1.07. The number of hydrogen-bond donors (Lipinski definition) is 2. The van der Waals surface area contributed by atoms with Crippen molar-refractivity contribution in [1.82, 2.24) is 10.6 Å². The van der Waals surface area contributed by atoms with Crippen LogP contribution in [0.15, 0.2) is 24.3 Å². The Morgan fingerprint density at radius 1 is 1.08 bits per heavy atom. The highest BCUT2D eigenvalue weighted by Gasteiger charge is 2.28. The minimum atomic E-state index is -3.23. The summed E-state index contributed by atoms with van der Waals surface area (Å²) in [4.78, 5) is 12.4. The normalized spacial score (nSPS) is 20.7. The van der Waals surface area contributed by atoms with Crippen LogP contribution in [0.5, 0.6) is 0 Å². The highest BCUT2D eigenvalue weighted by molar-refractivity contribution is 7.93. The summed E-state index contributed by atoms with van der Waals surface area (Å²) < 4.78 is 25.5. The second-order valence-corrected chi connectivity index (χ2v) is 9.20. The second kappa shape index (κ2) is 8.86. The van der Waals surface area contributed by atoms with Gasteiger partial charge in [0.25, 0.3) is 5.91 Å². The van der Waals surface area contributed by atoms with Crippen LogP contribution in [0.3, 0.4) is 0 Å². The van der Waals surface area contributed by atoms with E-state index < -0.39 is 10.0 Å². The Hall–Kier alpha value is -1.60. The molecular weight excluding hydrogens is 350 g/mol. The SMILES string of the molecule is O=C(NCCNC1CCCCCC1)c1cccc(N2CCCS2(=O)=O)c1. The number of carbonyl (C=O) groups is 1. The summed E-state index contributed by atoms with van der Waals surface area (Å²) in [5.74, 6) is 0.0158. The quantitative estimate of drug-likeness (QED) is 0.587. The monoisotopic (exact) mass is 379 g/mol. The number of rotatable bonds is 6.